The summed E-state index contributed by atoms with van der Waals surface area (Å²) in [6, 6.07) is 16.1. The van der Waals surface area contributed by atoms with E-state index in [9.17, 15) is 0 Å². The number of ether oxygens (including phenoxy) is 1. The van der Waals surface area contributed by atoms with Crippen LogP contribution >= 0.6 is 0 Å². The zero-order chi connectivity index (χ0) is 13.1. The monoisotopic (exact) mass is 253 g/mol. The molecule has 3 heteroatoms. The molecule has 0 saturated carbocycles. The van der Waals surface area contributed by atoms with Crippen LogP contribution in [0.15, 0.2) is 65.4 Å². The van der Waals surface area contributed by atoms with Gasteiger partial charge in [-0.05, 0) is 42.0 Å². The first-order valence-electron chi connectivity index (χ1n) is 6.19. The van der Waals surface area contributed by atoms with E-state index in [-0.39, 0.29) is 0 Å². The lowest BCUT2D eigenvalue weighted by molar-refractivity contribution is 0.414. The summed E-state index contributed by atoms with van der Waals surface area (Å²) in [5, 5.41) is 0. The average molecular weight is 253 g/mol. The molecule has 3 rings (SSSR count). The Bertz CT molecular complexity index is 636. The number of benzene rings is 1. The normalized spacial score (nSPS) is 10.6. The van der Waals surface area contributed by atoms with Gasteiger partial charge in [0.1, 0.15) is 11.5 Å². The fraction of sp³-hybridized carbons (Fsp3) is 0.125. The second-order valence-corrected chi connectivity index (χ2v) is 4.35. The van der Waals surface area contributed by atoms with Crippen LogP contribution in [0.4, 0.5) is 0 Å². The molecular formula is C16H15NO2. The van der Waals surface area contributed by atoms with Crippen molar-refractivity contribution in [2.24, 2.45) is 0 Å². The van der Waals surface area contributed by atoms with Gasteiger partial charge in [-0.3, -0.25) is 0 Å². The van der Waals surface area contributed by atoms with Gasteiger partial charge >= 0.3 is 0 Å². The van der Waals surface area contributed by atoms with E-state index in [4.69, 9.17) is 9.15 Å². The minimum absolute atomic E-state index is 0.813. The van der Waals surface area contributed by atoms with Crippen LogP contribution in [0.1, 0.15) is 5.56 Å². The van der Waals surface area contributed by atoms with Crippen molar-refractivity contribution in [3.8, 4) is 17.2 Å². The first-order valence-corrected chi connectivity index (χ1v) is 6.19. The summed E-state index contributed by atoms with van der Waals surface area (Å²) in [5.41, 5.74) is 2.31. The van der Waals surface area contributed by atoms with Gasteiger partial charge in [0.15, 0.2) is 0 Å². The van der Waals surface area contributed by atoms with Crippen LogP contribution in [0.3, 0.4) is 0 Å². The topological polar surface area (TPSA) is 27.3 Å². The molecule has 0 unspecified atom stereocenters. The van der Waals surface area contributed by atoms with Crippen LogP contribution in [0.2, 0.25) is 0 Å². The fourth-order valence-corrected chi connectivity index (χ4v) is 2.13. The third-order valence-corrected chi connectivity index (χ3v) is 3.12. The standard InChI is InChI=1S/C16H15NO2/c1-18-14-8-6-13(7-9-14)12-17-10-2-4-15(17)16-5-3-11-19-16/h2-11H,12H2,1H3. The first-order chi connectivity index (χ1) is 9.36. The molecule has 1 aromatic carbocycles. The summed E-state index contributed by atoms with van der Waals surface area (Å²) in [6.07, 6.45) is 3.75. The summed E-state index contributed by atoms with van der Waals surface area (Å²) in [7, 11) is 1.68. The molecule has 0 amide bonds. The molecule has 0 saturated heterocycles. The summed E-state index contributed by atoms with van der Waals surface area (Å²) >= 11 is 0. The van der Waals surface area contributed by atoms with E-state index in [2.05, 4.69) is 29.0 Å². The van der Waals surface area contributed by atoms with E-state index < -0.39 is 0 Å². The summed E-state index contributed by atoms with van der Waals surface area (Å²) in [6.45, 7) is 0.813. The summed E-state index contributed by atoms with van der Waals surface area (Å²) < 4.78 is 12.8. The highest BCUT2D eigenvalue weighted by Gasteiger charge is 2.06. The Morgan fingerprint density at radius 2 is 1.89 bits per heavy atom. The first kappa shape index (κ1) is 11.7. The second-order valence-electron chi connectivity index (χ2n) is 4.35. The van der Waals surface area contributed by atoms with Crippen LogP contribution in [0, 0.1) is 0 Å². The molecule has 0 radical (unpaired) electrons. The van der Waals surface area contributed by atoms with Gasteiger partial charge in [0, 0.05) is 12.7 Å². The summed E-state index contributed by atoms with van der Waals surface area (Å²) in [5.74, 6) is 1.76. The van der Waals surface area contributed by atoms with Gasteiger partial charge in [0.2, 0.25) is 0 Å². The van der Waals surface area contributed by atoms with Crippen molar-refractivity contribution in [1.82, 2.24) is 4.57 Å². The Morgan fingerprint density at radius 1 is 1.05 bits per heavy atom. The van der Waals surface area contributed by atoms with Crippen LogP contribution in [0.25, 0.3) is 11.5 Å². The molecule has 96 valence electrons. The van der Waals surface area contributed by atoms with Crippen molar-refractivity contribution in [2.45, 2.75) is 6.54 Å². The molecule has 0 bridgehead atoms. The maximum atomic E-state index is 5.45. The molecule has 0 aliphatic rings. The molecule has 0 spiro atoms. The molecule has 0 aliphatic heterocycles. The van der Waals surface area contributed by atoms with Crippen LogP contribution < -0.4 is 4.74 Å². The van der Waals surface area contributed by atoms with Crippen LogP contribution in [0.5, 0.6) is 5.75 Å². The van der Waals surface area contributed by atoms with Gasteiger partial charge in [0.05, 0.1) is 19.1 Å². The maximum Gasteiger partial charge on any atom is 0.150 e. The molecule has 2 heterocycles. The SMILES string of the molecule is COc1ccc(Cn2cccc2-c2ccco2)cc1. The number of rotatable bonds is 4. The fourth-order valence-electron chi connectivity index (χ4n) is 2.13. The smallest absolute Gasteiger partial charge is 0.150 e. The lowest BCUT2D eigenvalue weighted by Gasteiger charge is -2.08. The maximum absolute atomic E-state index is 5.45. The number of furan rings is 1. The van der Waals surface area contributed by atoms with Crippen molar-refractivity contribution in [3.05, 3.63) is 66.6 Å². The van der Waals surface area contributed by atoms with Crippen molar-refractivity contribution < 1.29 is 9.15 Å². The number of nitrogens with zero attached hydrogens (tertiary/aromatic N) is 1. The highest BCUT2D eigenvalue weighted by molar-refractivity contribution is 5.53. The Labute approximate surface area is 112 Å². The molecule has 3 nitrogen and oxygen atoms in total. The van der Waals surface area contributed by atoms with Gasteiger partial charge in [0.25, 0.3) is 0 Å². The van der Waals surface area contributed by atoms with Crippen LogP contribution in [-0.2, 0) is 6.54 Å². The molecule has 0 aliphatic carbocycles. The second kappa shape index (κ2) is 5.06. The lowest BCUT2D eigenvalue weighted by atomic mass is 10.2. The molecule has 3 aromatic rings. The van der Waals surface area contributed by atoms with Crippen molar-refractivity contribution >= 4 is 0 Å². The van der Waals surface area contributed by atoms with Crippen molar-refractivity contribution in [1.29, 1.82) is 0 Å². The van der Waals surface area contributed by atoms with Gasteiger partial charge in [-0.2, -0.15) is 0 Å². The van der Waals surface area contributed by atoms with E-state index in [0.29, 0.717) is 0 Å². The highest BCUT2D eigenvalue weighted by atomic mass is 16.5. The molecule has 0 N–H and O–H groups in total. The molecule has 19 heavy (non-hydrogen) atoms. The molecular weight excluding hydrogens is 238 g/mol. The number of aromatic nitrogens is 1. The Morgan fingerprint density at radius 3 is 2.58 bits per heavy atom. The summed E-state index contributed by atoms with van der Waals surface area (Å²) in [4.78, 5) is 0. The van der Waals surface area contributed by atoms with E-state index in [0.717, 1.165) is 23.7 Å². The van der Waals surface area contributed by atoms with Crippen molar-refractivity contribution in [3.63, 3.8) is 0 Å². The largest absolute Gasteiger partial charge is 0.497 e. The zero-order valence-corrected chi connectivity index (χ0v) is 10.7. The third kappa shape index (κ3) is 2.40. The predicted molar refractivity (Wildman–Crippen MR) is 74.2 cm³/mol. The number of methoxy groups -OCH3 is 1. The quantitative estimate of drug-likeness (QED) is 0.707. The molecule has 2 aromatic heterocycles. The Kier molecular flexibility index (Phi) is 3.11. The number of hydrogen-bond acceptors (Lipinski definition) is 2. The van der Waals surface area contributed by atoms with E-state index in [1.165, 1.54) is 5.56 Å². The van der Waals surface area contributed by atoms with E-state index >= 15 is 0 Å². The third-order valence-electron chi connectivity index (χ3n) is 3.12. The van der Waals surface area contributed by atoms with E-state index in [1.807, 2.05) is 30.3 Å². The van der Waals surface area contributed by atoms with Gasteiger partial charge in [-0.1, -0.05) is 12.1 Å². The minimum atomic E-state index is 0.813. The van der Waals surface area contributed by atoms with Crippen LogP contribution in [-0.4, -0.2) is 11.7 Å². The predicted octanol–water partition coefficient (Wildman–Crippen LogP) is 3.81. The zero-order valence-electron chi connectivity index (χ0n) is 10.7. The van der Waals surface area contributed by atoms with Gasteiger partial charge < -0.3 is 13.7 Å². The number of hydrogen-bond donors (Lipinski definition) is 0. The van der Waals surface area contributed by atoms with E-state index in [1.54, 1.807) is 13.4 Å². The van der Waals surface area contributed by atoms with Gasteiger partial charge in [-0.25, -0.2) is 0 Å². The average Bonchev–Trinajstić information content (AvgIpc) is 3.10. The molecule has 0 fully saturated rings. The Hall–Kier alpha value is -2.42. The van der Waals surface area contributed by atoms with Crippen molar-refractivity contribution in [2.75, 3.05) is 7.11 Å². The highest BCUT2D eigenvalue weighted by Crippen LogP contribution is 2.22. The minimum Gasteiger partial charge on any atom is -0.497 e. The van der Waals surface area contributed by atoms with Gasteiger partial charge in [-0.15, -0.1) is 0 Å². The Balaban J connectivity index is 1.85. The molecule has 0 atom stereocenters. The lowest BCUT2D eigenvalue weighted by Crippen LogP contribution is -1.99.